The largest absolute Gasteiger partial charge is 0.368 e. The molecule has 5 rings (SSSR count). The van der Waals surface area contributed by atoms with Gasteiger partial charge >= 0.3 is 0 Å². The van der Waals surface area contributed by atoms with Crippen molar-refractivity contribution in [1.82, 2.24) is 15.1 Å². The number of benzene rings is 3. The monoisotopic (exact) mass is 508 g/mol. The minimum Gasteiger partial charge on any atom is -0.368 e. The molecular weight excluding hydrogens is 477 g/mol. The molecule has 1 amide bonds. The number of carbonyl (C=O) groups is 1. The molecule has 2 aliphatic rings. The summed E-state index contributed by atoms with van der Waals surface area (Å²) < 4.78 is 40.7. The van der Waals surface area contributed by atoms with Gasteiger partial charge in [0.05, 0.1) is 6.04 Å². The highest BCUT2D eigenvalue weighted by Gasteiger charge is 2.39. The normalized spacial score (nSPS) is 20.4. The van der Waals surface area contributed by atoms with E-state index in [-0.39, 0.29) is 30.4 Å². The van der Waals surface area contributed by atoms with E-state index in [4.69, 9.17) is 0 Å². The molecule has 0 radical (unpaired) electrons. The minimum absolute atomic E-state index is 0.00243. The molecule has 0 aliphatic carbocycles. The summed E-state index contributed by atoms with van der Waals surface area (Å²) in [5.74, 6) is -1.32. The molecule has 2 unspecified atom stereocenters. The second kappa shape index (κ2) is 11.4. The topological polar surface area (TPSA) is 38.8 Å². The number of piperazine rings is 1. The van der Waals surface area contributed by atoms with E-state index in [0.29, 0.717) is 51.3 Å². The molecule has 2 fully saturated rings. The van der Waals surface area contributed by atoms with E-state index >= 15 is 0 Å². The Morgan fingerprint density at radius 1 is 0.865 bits per heavy atom. The third-order valence-electron chi connectivity index (χ3n) is 7.30. The third-order valence-corrected chi connectivity index (χ3v) is 7.30. The van der Waals surface area contributed by atoms with Gasteiger partial charge in [-0.15, -0.1) is 0 Å². The summed E-state index contributed by atoms with van der Waals surface area (Å²) in [6.45, 7) is 4.16. The molecule has 37 heavy (non-hydrogen) atoms. The van der Waals surface area contributed by atoms with Gasteiger partial charge in [-0.2, -0.15) is 0 Å². The smallest absolute Gasteiger partial charge is 0.240 e. The zero-order valence-electron chi connectivity index (χ0n) is 20.6. The Morgan fingerprint density at radius 3 is 2.27 bits per heavy atom. The summed E-state index contributed by atoms with van der Waals surface area (Å²) >= 11 is 0. The molecule has 2 aliphatic heterocycles. The predicted octanol–water partition coefficient (Wildman–Crippen LogP) is 4.19. The average Bonchev–Trinajstić information content (AvgIpc) is 3.31. The SMILES string of the molecule is O=C(C1CC(NCc2ccc(F)cc2F)CN1Cc1ccccc1)N1CCN(c2ccc(F)cc2)CC1. The number of hydrogen-bond acceptors (Lipinski definition) is 4. The van der Waals surface area contributed by atoms with Crippen LogP contribution < -0.4 is 10.2 Å². The van der Waals surface area contributed by atoms with Gasteiger partial charge in [0.1, 0.15) is 17.5 Å². The maximum absolute atomic E-state index is 14.1. The van der Waals surface area contributed by atoms with Gasteiger partial charge in [0.2, 0.25) is 5.91 Å². The molecule has 2 heterocycles. The average molecular weight is 509 g/mol. The second-order valence-corrected chi connectivity index (χ2v) is 9.77. The Balaban J connectivity index is 1.24. The molecule has 3 aromatic rings. The molecule has 194 valence electrons. The van der Waals surface area contributed by atoms with Crippen LogP contribution >= 0.6 is 0 Å². The van der Waals surface area contributed by atoms with Crippen molar-refractivity contribution in [1.29, 1.82) is 0 Å². The van der Waals surface area contributed by atoms with Crippen molar-refractivity contribution in [2.24, 2.45) is 0 Å². The lowest BCUT2D eigenvalue weighted by molar-refractivity contribution is -0.136. The first-order chi connectivity index (χ1) is 18.0. The Kier molecular flexibility index (Phi) is 7.76. The van der Waals surface area contributed by atoms with Crippen LogP contribution in [0.25, 0.3) is 0 Å². The Labute approximate surface area is 215 Å². The van der Waals surface area contributed by atoms with Gasteiger partial charge < -0.3 is 15.1 Å². The Bertz CT molecular complexity index is 1200. The van der Waals surface area contributed by atoms with Crippen molar-refractivity contribution in [2.45, 2.75) is 31.6 Å². The van der Waals surface area contributed by atoms with Crippen molar-refractivity contribution in [3.8, 4) is 0 Å². The highest BCUT2D eigenvalue weighted by atomic mass is 19.1. The highest BCUT2D eigenvalue weighted by Crippen LogP contribution is 2.25. The van der Waals surface area contributed by atoms with Crippen LogP contribution in [-0.2, 0) is 17.9 Å². The molecule has 3 aromatic carbocycles. The number of hydrogen-bond donors (Lipinski definition) is 1. The number of nitrogens with zero attached hydrogens (tertiary/aromatic N) is 3. The maximum Gasteiger partial charge on any atom is 0.240 e. The van der Waals surface area contributed by atoms with E-state index in [2.05, 4.69) is 27.2 Å². The van der Waals surface area contributed by atoms with Gasteiger partial charge in [0.25, 0.3) is 0 Å². The number of anilines is 1. The highest BCUT2D eigenvalue weighted by molar-refractivity contribution is 5.82. The summed E-state index contributed by atoms with van der Waals surface area (Å²) in [5, 5.41) is 3.38. The number of likely N-dealkylation sites (tertiary alicyclic amines) is 1. The van der Waals surface area contributed by atoms with Crippen molar-refractivity contribution in [3.63, 3.8) is 0 Å². The predicted molar refractivity (Wildman–Crippen MR) is 137 cm³/mol. The van der Waals surface area contributed by atoms with Crippen molar-refractivity contribution >= 4 is 11.6 Å². The van der Waals surface area contributed by atoms with Gasteiger partial charge in [0, 0.05) is 69.2 Å². The quantitative estimate of drug-likeness (QED) is 0.520. The van der Waals surface area contributed by atoms with Crippen LogP contribution in [0.4, 0.5) is 18.9 Å². The number of rotatable bonds is 7. The number of nitrogens with one attached hydrogen (secondary N) is 1. The van der Waals surface area contributed by atoms with E-state index < -0.39 is 11.6 Å². The van der Waals surface area contributed by atoms with Gasteiger partial charge in [-0.3, -0.25) is 9.69 Å². The van der Waals surface area contributed by atoms with Crippen molar-refractivity contribution in [3.05, 3.63) is 101 Å². The molecule has 5 nitrogen and oxygen atoms in total. The zero-order valence-corrected chi connectivity index (χ0v) is 20.6. The molecule has 0 aromatic heterocycles. The maximum atomic E-state index is 14.1. The molecule has 2 saturated heterocycles. The summed E-state index contributed by atoms with van der Waals surface area (Å²) in [5.41, 5.74) is 2.49. The lowest BCUT2D eigenvalue weighted by Crippen LogP contribution is -2.53. The van der Waals surface area contributed by atoms with Crippen LogP contribution in [0.2, 0.25) is 0 Å². The van der Waals surface area contributed by atoms with Crippen LogP contribution in [0.1, 0.15) is 17.5 Å². The zero-order chi connectivity index (χ0) is 25.8. The van der Waals surface area contributed by atoms with E-state index in [1.807, 2.05) is 23.1 Å². The summed E-state index contributed by atoms with van der Waals surface area (Å²) in [6.07, 6.45) is 0.618. The lowest BCUT2D eigenvalue weighted by Gasteiger charge is -2.38. The fraction of sp³-hybridized carbons (Fsp3) is 0.345. The first kappa shape index (κ1) is 25.3. The second-order valence-electron chi connectivity index (χ2n) is 9.77. The number of carbonyl (C=O) groups excluding carboxylic acids is 1. The van der Waals surface area contributed by atoms with Gasteiger partial charge in [-0.25, -0.2) is 13.2 Å². The fourth-order valence-electron chi connectivity index (χ4n) is 5.27. The lowest BCUT2D eigenvalue weighted by atomic mass is 10.1. The van der Waals surface area contributed by atoms with Crippen LogP contribution in [0, 0.1) is 17.5 Å². The molecule has 0 saturated carbocycles. The Hall–Kier alpha value is -3.36. The first-order valence-electron chi connectivity index (χ1n) is 12.7. The van der Waals surface area contributed by atoms with Gasteiger partial charge in [-0.05, 0) is 42.3 Å². The first-order valence-corrected chi connectivity index (χ1v) is 12.7. The van der Waals surface area contributed by atoms with Crippen molar-refractivity contribution in [2.75, 3.05) is 37.6 Å². The standard InChI is InChI=1S/C29H31F3N4O/c30-23-8-10-26(11-9-23)34-12-14-35(15-13-34)29(37)28-17-25(20-36(28)19-21-4-2-1-3-5-21)33-18-22-6-7-24(31)16-27(22)32/h1-11,16,25,28,33H,12-15,17-20H2. The molecule has 8 heteroatoms. The third kappa shape index (κ3) is 6.14. The molecule has 0 spiro atoms. The molecule has 0 bridgehead atoms. The van der Waals surface area contributed by atoms with Crippen LogP contribution in [0.15, 0.2) is 72.8 Å². The van der Waals surface area contributed by atoms with E-state index in [1.165, 1.54) is 24.3 Å². The van der Waals surface area contributed by atoms with Crippen molar-refractivity contribution < 1.29 is 18.0 Å². The number of amides is 1. The van der Waals surface area contributed by atoms with E-state index in [0.717, 1.165) is 17.3 Å². The van der Waals surface area contributed by atoms with E-state index in [9.17, 15) is 18.0 Å². The minimum atomic E-state index is -0.596. The van der Waals surface area contributed by atoms with Crippen LogP contribution in [-0.4, -0.2) is 60.5 Å². The van der Waals surface area contributed by atoms with Crippen LogP contribution in [0.3, 0.4) is 0 Å². The molecule has 2 atom stereocenters. The van der Waals surface area contributed by atoms with Crippen LogP contribution in [0.5, 0.6) is 0 Å². The van der Waals surface area contributed by atoms with Gasteiger partial charge in [0.15, 0.2) is 0 Å². The number of halogens is 3. The Morgan fingerprint density at radius 2 is 1.57 bits per heavy atom. The van der Waals surface area contributed by atoms with Gasteiger partial charge in [-0.1, -0.05) is 36.4 Å². The summed E-state index contributed by atoms with van der Waals surface area (Å²) in [7, 11) is 0. The summed E-state index contributed by atoms with van der Waals surface area (Å²) in [4.78, 5) is 20.0. The summed E-state index contributed by atoms with van der Waals surface area (Å²) in [6, 6.07) is 19.8. The molecular formula is C29H31F3N4O. The fourth-order valence-corrected chi connectivity index (χ4v) is 5.27. The molecule has 1 N–H and O–H groups in total. The van der Waals surface area contributed by atoms with E-state index in [1.54, 1.807) is 12.1 Å².